The topological polar surface area (TPSA) is 69.4 Å². The molecule has 2 aromatic heterocycles. The Kier molecular flexibility index (Phi) is 2.22. The number of nitrogens with zero attached hydrogens (tertiary/aromatic N) is 2. The molecule has 0 saturated carbocycles. The summed E-state index contributed by atoms with van der Waals surface area (Å²) in [5, 5.41) is 10.3. The van der Waals surface area contributed by atoms with Gasteiger partial charge in [-0.25, -0.2) is 4.98 Å². The highest BCUT2D eigenvalue weighted by Gasteiger charge is 2.05. The molecule has 2 heterocycles. The lowest BCUT2D eigenvalue weighted by Crippen LogP contribution is -2.01. The number of aryl methyl sites for hydroxylation is 2. The van der Waals surface area contributed by atoms with Gasteiger partial charge in [-0.05, 0) is 13.8 Å². The maximum atomic E-state index is 4.10. The maximum Gasteiger partial charge on any atom is 0.0922 e. The van der Waals surface area contributed by atoms with E-state index in [1.165, 1.54) is 0 Å². The number of aromatic amines is 2. The molecule has 5 nitrogen and oxygen atoms in total. The molecular formula is C9H13N5. The first-order valence-electron chi connectivity index (χ1n) is 4.50. The molecule has 0 radical (unpaired) electrons. The van der Waals surface area contributed by atoms with Crippen LogP contribution in [0.1, 0.15) is 17.1 Å². The van der Waals surface area contributed by atoms with Gasteiger partial charge in [0, 0.05) is 6.20 Å². The number of nitrogens with one attached hydrogen (secondary N) is 3. The third kappa shape index (κ3) is 1.61. The summed E-state index contributed by atoms with van der Waals surface area (Å²) in [7, 11) is 0. The van der Waals surface area contributed by atoms with Crippen LogP contribution in [0.15, 0.2) is 12.5 Å². The van der Waals surface area contributed by atoms with Gasteiger partial charge in [0.1, 0.15) is 0 Å². The van der Waals surface area contributed by atoms with E-state index in [-0.39, 0.29) is 0 Å². The zero-order chi connectivity index (χ0) is 9.97. The fraction of sp³-hybridized carbons (Fsp3) is 0.333. The molecule has 14 heavy (non-hydrogen) atoms. The van der Waals surface area contributed by atoms with Gasteiger partial charge in [0.25, 0.3) is 0 Å². The third-order valence-electron chi connectivity index (χ3n) is 2.14. The molecule has 0 aromatic carbocycles. The largest absolute Gasteiger partial charge is 0.376 e. The first kappa shape index (κ1) is 8.80. The molecule has 3 N–H and O–H groups in total. The number of anilines is 1. The molecule has 0 saturated heterocycles. The van der Waals surface area contributed by atoms with Gasteiger partial charge in [0.15, 0.2) is 0 Å². The first-order valence-corrected chi connectivity index (χ1v) is 4.50. The third-order valence-corrected chi connectivity index (χ3v) is 2.14. The Hall–Kier alpha value is -1.78. The fourth-order valence-electron chi connectivity index (χ4n) is 1.38. The van der Waals surface area contributed by atoms with Crippen LogP contribution in [0.2, 0.25) is 0 Å². The van der Waals surface area contributed by atoms with Crippen molar-refractivity contribution in [3.63, 3.8) is 0 Å². The van der Waals surface area contributed by atoms with Crippen molar-refractivity contribution < 1.29 is 0 Å². The molecule has 0 atom stereocenters. The van der Waals surface area contributed by atoms with Crippen LogP contribution in [0, 0.1) is 13.8 Å². The molecule has 0 fully saturated rings. The maximum absolute atomic E-state index is 4.10. The summed E-state index contributed by atoms with van der Waals surface area (Å²) in [5.41, 5.74) is 4.17. The Morgan fingerprint density at radius 3 is 2.86 bits per heavy atom. The number of H-pyrrole nitrogens is 2. The molecular weight excluding hydrogens is 178 g/mol. The summed E-state index contributed by atoms with van der Waals surface area (Å²) >= 11 is 0. The van der Waals surface area contributed by atoms with Crippen molar-refractivity contribution >= 4 is 5.69 Å². The molecule has 0 spiro atoms. The van der Waals surface area contributed by atoms with E-state index in [1.54, 1.807) is 12.5 Å². The molecule has 2 aromatic rings. The van der Waals surface area contributed by atoms with Gasteiger partial charge in [-0.3, -0.25) is 5.10 Å². The van der Waals surface area contributed by atoms with E-state index in [4.69, 9.17) is 0 Å². The van der Waals surface area contributed by atoms with E-state index < -0.39 is 0 Å². The minimum Gasteiger partial charge on any atom is -0.376 e. The van der Waals surface area contributed by atoms with E-state index in [9.17, 15) is 0 Å². The van der Waals surface area contributed by atoms with Gasteiger partial charge in [-0.2, -0.15) is 5.10 Å². The number of hydrogen-bond donors (Lipinski definition) is 3. The SMILES string of the molecule is Cc1n[nH]c(C)c1NCc1cnc[nH]1. The van der Waals surface area contributed by atoms with Crippen LogP contribution < -0.4 is 5.32 Å². The monoisotopic (exact) mass is 191 g/mol. The lowest BCUT2D eigenvalue weighted by molar-refractivity contribution is 1.02. The van der Waals surface area contributed by atoms with Crippen molar-refractivity contribution in [2.24, 2.45) is 0 Å². The van der Waals surface area contributed by atoms with Gasteiger partial charge >= 0.3 is 0 Å². The summed E-state index contributed by atoms with van der Waals surface area (Å²) in [6, 6.07) is 0. The minimum absolute atomic E-state index is 0.737. The molecule has 5 heteroatoms. The van der Waals surface area contributed by atoms with Crippen LogP contribution >= 0.6 is 0 Å². The lowest BCUT2D eigenvalue weighted by Gasteiger charge is -2.03. The van der Waals surface area contributed by atoms with Crippen LogP contribution in [0.5, 0.6) is 0 Å². The molecule has 0 aliphatic carbocycles. The van der Waals surface area contributed by atoms with Gasteiger partial charge in [-0.1, -0.05) is 0 Å². The first-order chi connectivity index (χ1) is 6.77. The van der Waals surface area contributed by atoms with Crippen LogP contribution in [0.3, 0.4) is 0 Å². The second kappa shape index (κ2) is 3.53. The van der Waals surface area contributed by atoms with Crippen LogP contribution in [-0.2, 0) is 6.54 Å². The Morgan fingerprint density at radius 1 is 1.43 bits per heavy atom. The normalized spacial score (nSPS) is 10.4. The van der Waals surface area contributed by atoms with E-state index in [0.29, 0.717) is 0 Å². The van der Waals surface area contributed by atoms with E-state index in [2.05, 4.69) is 25.5 Å². The number of imidazole rings is 1. The smallest absolute Gasteiger partial charge is 0.0922 e. The molecule has 0 bridgehead atoms. The highest BCUT2D eigenvalue weighted by atomic mass is 15.1. The van der Waals surface area contributed by atoms with Gasteiger partial charge in [0.05, 0.1) is 35.6 Å². The summed E-state index contributed by atoms with van der Waals surface area (Å²) in [5.74, 6) is 0. The number of rotatable bonds is 3. The molecule has 0 aliphatic heterocycles. The summed E-state index contributed by atoms with van der Waals surface area (Å²) in [6.07, 6.45) is 3.48. The minimum atomic E-state index is 0.737. The van der Waals surface area contributed by atoms with Crippen molar-refractivity contribution in [2.45, 2.75) is 20.4 Å². The van der Waals surface area contributed by atoms with Crippen molar-refractivity contribution in [3.05, 3.63) is 29.6 Å². The summed E-state index contributed by atoms with van der Waals surface area (Å²) < 4.78 is 0. The van der Waals surface area contributed by atoms with Gasteiger partial charge in [-0.15, -0.1) is 0 Å². The average molecular weight is 191 g/mol. The molecule has 0 amide bonds. The van der Waals surface area contributed by atoms with E-state index in [1.807, 2.05) is 13.8 Å². The predicted molar refractivity (Wildman–Crippen MR) is 54.0 cm³/mol. The Balaban J connectivity index is 2.05. The number of aromatic nitrogens is 4. The predicted octanol–water partition coefficient (Wildman–Crippen LogP) is 1.36. The van der Waals surface area contributed by atoms with Gasteiger partial charge < -0.3 is 10.3 Å². The standard InChI is InChI=1S/C9H13N5/c1-6-9(7(2)14-13-6)11-4-8-3-10-5-12-8/h3,5,11H,4H2,1-2H3,(H,10,12)(H,13,14). The van der Waals surface area contributed by atoms with Crippen molar-refractivity contribution in [2.75, 3.05) is 5.32 Å². The highest BCUT2D eigenvalue weighted by Crippen LogP contribution is 2.16. The Bertz CT molecular complexity index is 381. The van der Waals surface area contributed by atoms with Crippen molar-refractivity contribution in [3.8, 4) is 0 Å². The summed E-state index contributed by atoms with van der Waals surface area (Å²) in [6.45, 7) is 4.70. The Labute approximate surface area is 82.0 Å². The van der Waals surface area contributed by atoms with E-state index >= 15 is 0 Å². The number of hydrogen-bond acceptors (Lipinski definition) is 3. The van der Waals surface area contributed by atoms with Crippen LogP contribution in [0.25, 0.3) is 0 Å². The molecule has 0 unspecified atom stereocenters. The highest BCUT2D eigenvalue weighted by molar-refractivity contribution is 5.51. The zero-order valence-electron chi connectivity index (χ0n) is 8.26. The second-order valence-corrected chi connectivity index (χ2v) is 3.24. The molecule has 2 rings (SSSR count). The summed E-state index contributed by atoms with van der Waals surface area (Å²) in [4.78, 5) is 6.98. The van der Waals surface area contributed by atoms with Crippen molar-refractivity contribution in [1.82, 2.24) is 20.2 Å². The molecule has 0 aliphatic rings. The van der Waals surface area contributed by atoms with E-state index in [0.717, 1.165) is 29.3 Å². The Morgan fingerprint density at radius 2 is 2.29 bits per heavy atom. The molecule has 74 valence electrons. The van der Waals surface area contributed by atoms with Gasteiger partial charge in [0.2, 0.25) is 0 Å². The van der Waals surface area contributed by atoms with Crippen LogP contribution in [0.4, 0.5) is 5.69 Å². The lowest BCUT2D eigenvalue weighted by atomic mass is 10.3. The second-order valence-electron chi connectivity index (χ2n) is 3.24. The average Bonchev–Trinajstić information content (AvgIpc) is 2.76. The quantitative estimate of drug-likeness (QED) is 0.686. The van der Waals surface area contributed by atoms with Crippen LogP contribution in [-0.4, -0.2) is 20.2 Å². The fourth-order valence-corrected chi connectivity index (χ4v) is 1.38. The van der Waals surface area contributed by atoms with Crippen molar-refractivity contribution in [1.29, 1.82) is 0 Å². The zero-order valence-corrected chi connectivity index (χ0v) is 8.26.